The highest BCUT2D eigenvalue weighted by Crippen LogP contribution is 2.38. The van der Waals surface area contributed by atoms with Gasteiger partial charge in [-0.25, -0.2) is 14.4 Å². The van der Waals surface area contributed by atoms with E-state index in [9.17, 15) is 9.18 Å². The van der Waals surface area contributed by atoms with Crippen LogP contribution in [0.2, 0.25) is 5.02 Å². The second kappa shape index (κ2) is 7.66. The maximum Gasteiger partial charge on any atom is 0.288 e. The summed E-state index contributed by atoms with van der Waals surface area (Å²) in [7, 11) is 0. The van der Waals surface area contributed by atoms with Gasteiger partial charge in [-0.15, -0.1) is 0 Å². The van der Waals surface area contributed by atoms with Gasteiger partial charge in [-0.3, -0.25) is 4.79 Å². The number of ether oxygens (including phenoxy) is 1. The predicted molar refractivity (Wildman–Crippen MR) is 102 cm³/mol. The number of hydrogen-bond donors (Lipinski definition) is 2. The molecule has 1 atom stereocenters. The second-order valence-electron chi connectivity index (χ2n) is 6.06. The average Bonchev–Trinajstić information content (AvgIpc) is 2.68. The Hall–Kier alpha value is -3.44. The fraction of sp³-hybridized carbons (Fsp3) is 0.158. The number of nitrogens with zero attached hydrogens (tertiary/aromatic N) is 3. The van der Waals surface area contributed by atoms with Crippen molar-refractivity contribution in [2.24, 2.45) is 10.7 Å². The number of aliphatic imine (C=N–C) groups is 1. The topological polar surface area (TPSA) is 113 Å². The maximum absolute atomic E-state index is 14.0. The third-order valence-electron chi connectivity index (χ3n) is 4.04. The van der Waals surface area contributed by atoms with Crippen LogP contribution in [0.5, 0.6) is 0 Å². The van der Waals surface area contributed by atoms with Crippen molar-refractivity contribution >= 4 is 29.2 Å². The van der Waals surface area contributed by atoms with Gasteiger partial charge < -0.3 is 15.8 Å². The normalized spacial score (nSPS) is 18.4. The van der Waals surface area contributed by atoms with Crippen molar-refractivity contribution in [3.05, 3.63) is 70.2 Å². The van der Waals surface area contributed by atoms with E-state index < -0.39 is 18.1 Å². The smallest absolute Gasteiger partial charge is 0.288 e. The molecule has 0 unspecified atom stereocenters. The number of carbonyl (C=O) groups excluding carboxylic acids is 1. The van der Waals surface area contributed by atoms with Crippen LogP contribution in [-0.2, 0) is 10.3 Å². The van der Waals surface area contributed by atoms with Gasteiger partial charge in [0.25, 0.3) is 11.9 Å². The van der Waals surface area contributed by atoms with Crippen LogP contribution < -0.4 is 11.1 Å². The molecule has 2 aromatic rings. The second-order valence-corrected chi connectivity index (χ2v) is 6.46. The van der Waals surface area contributed by atoms with Gasteiger partial charge in [0.2, 0.25) is 0 Å². The molecule has 0 bridgehead atoms. The number of nitrogens with one attached hydrogen (secondary N) is 1. The van der Waals surface area contributed by atoms with E-state index >= 15 is 0 Å². The van der Waals surface area contributed by atoms with E-state index in [0.29, 0.717) is 22.6 Å². The molecule has 1 amide bonds. The van der Waals surface area contributed by atoms with Crippen molar-refractivity contribution in [2.45, 2.75) is 12.5 Å². The highest BCUT2D eigenvalue weighted by molar-refractivity contribution is 6.31. The van der Waals surface area contributed by atoms with Gasteiger partial charge in [0.15, 0.2) is 0 Å². The fourth-order valence-electron chi connectivity index (χ4n) is 2.79. The molecular formula is C19H15ClFN5O2. The van der Waals surface area contributed by atoms with Crippen LogP contribution in [0, 0.1) is 11.3 Å². The van der Waals surface area contributed by atoms with Gasteiger partial charge in [-0.05, 0) is 43.3 Å². The number of pyridine rings is 1. The first kappa shape index (κ1) is 19.3. The number of nitrogens with two attached hydrogens (primary N) is 1. The molecular weight excluding hydrogens is 385 g/mol. The molecule has 1 aromatic carbocycles. The van der Waals surface area contributed by atoms with E-state index in [1.54, 1.807) is 13.0 Å². The van der Waals surface area contributed by atoms with Crippen molar-refractivity contribution < 1.29 is 13.9 Å². The Morgan fingerprint density at radius 3 is 2.82 bits per heavy atom. The third kappa shape index (κ3) is 3.80. The summed E-state index contributed by atoms with van der Waals surface area (Å²) in [6.45, 7) is 0.727. The van der Waals surface area contributed by atoms with E-state index in [1.807, 2.05) is 6.07 Å². The molecule has 9 heteroatoms. The number of carbonyl (C=O) groups is 1. The number of alkyl halides is 1. The molecule has 0 fully saturated rings. The van der Waals surface area contributed by atoms with Crippen LogP contribution in [0.15, 0.2) is 53.4 Å². The molecule has 0 saturated heterocycles. The highest BCUT2D eigenvalue weighted by Gasteiger charge is 2.36. The molecule has 3 N–H and O–H groups in total. The summed E-state index contributed by atoms with van der Waals surface area (Å²) < 4.78 is 19.2. The minimum atomic E-state index is -1.45. The SMILES string of the molecule is CC1=C[C@@](CF)(c2cc(NC(=O)c3ccc(C#N)cn3)ccc2Cl)N=C(N)O1. The van der Waals surface area contributed by atoms with E-state index in [4.69, 9.17) is 27.3 Å². The Balaban J connectivity index is 1.94. The highest BCUT2D eigenvalue weighted by atomic mass is 35.5. The van der Waals surface area contributed by atoms with Gasteiger partial charge in [0.1, 0.15) is 29.7 Å². The van der Waals surface area contributed by atoms with Gasteiger partial charge >= 0.3 is 0 Å². The quantitative estimate of drug-likeness (QED) is 0.819. The summed E-state index contributed by atoms with van der Waals surface area (Å²) in [5, 5.41) is 11.7. The monoisotopic (exact) mass is 399 g/mol. The number of nitriles is 1. The summed E-state index contributed by atoms with van der Waals surface area (Å²) >= 11 is 6.28. The number of allylic oxidation sites excluding steroid dienone is 1. The van der Waals surface area contributed by atoms with E-state index in [1.165, 1.54) is 36.5 Å². The van der Waals surface area contributed by atoms with Crippen LogP contribution in [0.25, 0.3) is 0 Å². The van der Waals surface area contributed by atoms with Crippen LogP contribution in [0.1, 0.15) is 28.5 Å². The van der Waals surface area contributed by atoms with Crippen LogP contribution >= 0.6 is 11.6 Å². The lowest BCUT2D eigenvalue weighted by molar-refractivity contribution is 0.102. The van der Waals surface area contributed by atoms with E-state index in [0.717, 1.165) is 0 Å². The molecule has 142 valence electrons. The summed E-state index contributed by atoms with van der Waals surface area (Å²) in [6.07, 6.45) is 2.78. The number of rotatable bonds is 4. The van der Waals surface area contributed by atoms with E-state index in [2.05, 4.69) is 15.3 Å². The fourth-order valence-corrected chi connectivity index (χ4v) is 3.07. The minimum absolute atomic E-state index is 0.125. The third-order valence-corrected chi connectivity index (χ3v) is 4.37. The van der Waals surface area contributed by atoms with Crippen molar-refractivity contribution in [3.63, 3.8) is 0 Å². The predicted octanol–water partition coefficient (Wildman–Crippen LogP) is 3.27. The van der Waals surface area contributed by atoms with Gasteiger partial charge in [-0.2, -0.15) is 5.26 Å². The number of hydrogen-bond acceptors (Lipinski definition) is 6. The number of amidine groups is 1. The lowest BCUT2D eigenvalue weighted by Gasteiger charge is -2.29. The molecule has 1 aliphatic heterocycles. The summed E-state index contributed by atoms with van der Waals surface area (Å²) in [5.41, 5.74) is 5.37. The molecule has 0 radical (unpaired) electrons. The Morgan fingerprint density at radius 1 is 1.43 bits per heavy atom. The lowest BCUT2D eigenvalue weighted by atomic mass is 9.90. The molecule has 7 nitrogen and oxygen atoms in total. The standard InChI is InChI=1S/C19H15ClFN5O2/c1-11-7-19(10-21,26-18(23)28-11)14-6-13(3-4-15(14)20)25-17(27)16-5-2-12(8-22)9-24-16/h2-7,9H,10H2,1H3,(H2,23,26)(H,25,27)/t19-/m1/s1. The largest absolute Gasteiger partial charge is 0.431 e. The van der Waals surface area contributed by atoms with Crippen LogP contribution in [0.4, 0.5) is 10.1 Å². The number of benzene rings is 1. The molecule has 3 rings (SSSR count). The zero-order valence-electron chi connectivity index (χ0n) is 14.7. The molecule has 0 spiro atoms. The Bertz CT molecular complexity index is 1010. The zero-order chi connectivity index (χ0) is 20.3. The molecule has 1 aliphatic rings. The number of amides is 1. The van der Waals surface area contributed by atoms with Crippen molar-refractivity contribution in [2.75, 3.05) is 12.0 Å². The molecule has 1 aromatic heterocycles. The van der Waals surface area contributed by atoms with Crippen LogP contribution in [0.3, 0.4) is 0 Å². The first-order chi connectivity index (χ1) is 13.4. The molecule has 0 aliphatic carbocycles. The zero-order valence-corrected chi connectivity index (χ0v) is 15.5. The summed E-state index contributed by atoms with van der Waals surface area (Å²) in [5.74, 6) is -0.105. The Labute approximate surface area is 165 Å². The lowest BCUT2D eigenvalue weighted by Crippen LogP contribution is -2.33. The molecule has 2 heterocycles. The number of halogens is 2. The first-order valence-corrected chi connectivity index (χ1v) is 8.51. The molecule has 0 saturated carbocycles. The van der Waals surface area contributed by atoms with Gasteiger partial charge in [0, 0.05) is 22.5 Å². The first-order valence-electron chi connectivity index (χ1n) is 8.13. The summed E-state index contributed by atoms with van der Waals surface area (Å²) in [6, 6.07) is 9.30. The number of anilines is 1. The average molecular weight is 400 g/mol. The van der Waals surface area contributed by atoms with Gasteiger partial charge in [-0.1, -0.05) is 11.6 Å². The Morgan fingerprint density at radius 2 is 2.21 bits per heavy atom. The van der Waals surface area contributed by atoms with Gasteiger partial charge in [0.05, 0.1) is 5.56 Å². The minimum Gasteiger partial charge on any atom is -0.431 e. The molecule has 28 heavy (non-hydrogen) atoms. The van der Waals surface area contributed by atoms with Crippen molar-refractivity contribution in [3.8, 4) is 6.07 Å². The number of aromatic nitrogens is 1. The maximum atomic E-state index is 14.0. The van der Waals surface area contributed by atoms with Crippen LogP contribution in [-0.4, -0.2) is 23.6 Å². The van der Waals surface area contributed by atoms with E-state index in [-0.39, 0.29) is 16.7 Å². The summed E-state index contributed by atoms with van der Waals surface area (Å²) in [4.78, 5) is 20.4. The van der Waals surface area contributed by atoms with Crippen molar-refractivity contribution in [1.29, 1.82) is 5.26 Å². The van der Waals surface area contributed by atoms with Crippen molar-refractivity contribution in [1.82, 2.24) is 4.98 Å². The Kier molecular flexibility index (Phi) is 5.29.